The molecule has 4 bridgehead atoms. The number of rotatable bonds is 3. The summed E-state index contributed by atoms with van der Waals surface area (Å²) in [5.41, 5.74) is -1.16. The molecule has 2 saturated heterocycles. The summed E-state index contributed by atoms with van der Waals surface area (Å²) in [7, 11) is 0. The van der Waals surface area contributed by atoms with Crippen molar-refractivity contribution in [1.82, 2.24) is 10.2 Å². The number of nitrogens with zero attached hydrogens (tertiary/aromatic N) is 1. The van der Waals surface area contributed by atoms with Gasteiger partial charge >= 0.3 is 0 Å². The van der Waals surface area contributed by atoms with E-state index in [1.165, 1.54) is 38.5 Å². The fourth-order valence-corrected chi connectivity index (χ4v) is 7.51. The topological polar surface area (TPSA) is 75.7 Å². The van der Waals surface area contributed by atoms with Crippen molar-refractivity contribution in [3.05, 3.63) is 0 Å². The Kier molecular flexibility index (Phi) is 4.08. The summed E-state index contributed by atoms with van der Waals surface area (Å²) in [6.07, 6.45) is 7.16. The highest BCUT2D eigenvalue weighted by Crippen LogP contribution is 2.59. The van der Waals surface area contributed by atoms with Gasteiger partial charge in [-0.2, -0.15) is 0 Å². The summed E-state index contributed by atoms with van der Waals surface area (Å²) in [6.45, 7) is 8.48. The number of amides is 2. The highest BCUT2D eigenvalue weighted by molar-refractivity contribution is 6.25. The Bertz CT molecular complexity index is 734. The fraction of sp³-hybridized carbons (Fsp3) is 0.870. The van der Waals surface area contributed by atoms with Crippen LogP contribution in [-0.2, 0) is 19.1 Å². The second-order valence-electron chi connectivity index (χ2n) is 11.9. The number of fused-ring (bicyclic) bond motifs is 1. The van der Waals surface area contributed by atoms with Crippen molar-refractivity contribution in [3.8, 4) is 0 Å². The quantitative estimate of drug-likeness (QED) is 0.736. The Hall–Kier alpha value is -1.43. The molecule has 0 radical (unpaired) electrons. The highest BCUT2D eigenvalue weighted by Gasteiger charge is 2.65. The summed E-state index contributed by atoms with van der Waals surface area (Å²) < 4.78 is 5.83. The van der Waals surface area contributed by atoms with E-state index in [4.69, 9.17) is 4.74 Å². The van der Waals surface area contributed by atoms with Crippen LogP contribution in [0.2, 0.25) is 0 Å². The first-order valence-corrected chi connectivity index (χ1v) is 11.3. The van der Waals surface area contributed by atoms with Gasteiger partial charge in [-0.25, -0.2) is 0 Å². The van der Waals surface area contributed by atoms with E-state index in [1.54, 1.807) is 11.8 Å². The third-order valence-corrected chi connectivity index (χ3v) is 8.37. The van der Waals surface area contributed by atoms with E-state index in [9.17, 15) is 14.4 Å². The molecule has 0 aromatic rings. The molecule has 4 saturated carbocycles. The van der Waals surface area contributed by atoms with Gasteiger partial charge in [-0.05, 0) is 68.6 Å². The number of nitrogens with one attached hydrogen (secondary N) is 1. The van der Waals surface area contributed by atoms with Crippen LogP contribution in [0.3, 0.4) is 0 Å². The maximum atomic E-state index is 13.2. The number of ketones is 1. The molecular formula is C23H34N2O4. The fourth-order valence-electron chi connectivity index (χ4n) is 7.51. The lowest BCUT2D eigenvalue weighted by atomic mass is 9.49. The van der Waals surface area contributed by atoms with Gasteiger partial charge in [0.05, 0.1) is 6.61 Å². The lowest BCUT2D eigenvalue weighted by Gasteiger charge is -2.57. The van der Waals surface area contributed by atoms with Gasteiger partial charge in [-0.1, -0.05) is 20.8 Å². The van der Waals surface area contributed by atoms with Crippen LogP contribution < -0.4 is 5.32 Å². The molecule has 6 nitrogen and oxygen atoms in total. The maximum absolute atomic E-state index is 13.2. The van der Waals surface area contributed by atoms with Crippen LogP contribution in [-0.4, -0.2) is 47.4 Å². The van der Waals surface area contributed by atoms with Crippen LogP contribution in [0.5, 0.6) is 0 Å². The van der Waals surface area contributed by atoms with Crippen molar-refractivity contribution in [1.29, 1.82) is 0 Å². The third kappa shape index (κ3) is 2.81. The molecule has 2 heterocycles. The van der Waals surface area contributed by atoms with Crippen molar-refractivity contribution in [2.24, 2.45) is 34.5 Å². The standard InChI is InChI=1S/C23H34N2O4/c1-21(2,3)20-25-19(28)16(17(26)22(25,4)12-29-20)18(27)24-11-23-8-13-5-14(9-23)7-15(6-13)10-23/h13-16,20H,5-12H2,1-4H3,(H,24,27)/t13?,14?,15?,16?,20-,22-,23?/m1/s1. The monoisotopic (exact) mass is 402 g/mol. The van der Waals surface area contributed by atoms with Crippen LogP contribution in [0.15, 0.2) is 0 Å². The minimum Gasteiger partial charge on any atom is -0.355 e. The number of carbonyl (C=O) groups is 3. The van der Waals surface area contributed by atoms with Crippen molar-refractivity contribution in [3.63, 3.8) is 0 Å². The number of Topliss-reactive ketones (excluding diaryl/α,β-unsaturated/α-hetero) is 1. The molecule has 160 valence electrons. The van der Waals surface area contributed by atoms with E-state index >= 15 is 0 Å². The van der Waals surface area contributed by atoms with Crippen LogP contribution in [0.1, 0.15) is 66.2 Å². The Balaban J connectivity index is 1.31. The molecule has 0 spiro atoms. The first-order valence-electron chi connectivity index (χ1n) is 11.3. The Morgan fingerprint density at radius 1 is 1.10 bits per heavy atom. The number of carbonyl (C=O) groups excluding carboxylic acids is 3. The van der Waals surface area contributed by atoms with Crippen LogP contribution in [0.4, 0.5) is 0 Å². The largest absolute Gasteiger partial charge is 0.355 e. The number of hydrogen-bond donors (Lipinski definition) is 1. The summed E-state index contributed by atoms with van der Waals surface area (Å²) in [6, 6.07) is 0. The molecule has 6 rings (SSSR count). The van der Waals surface area contributed by atoms with Gasteiger partial charge in [0.2, 0.25) is 11.8 Å². The van der Waals surface area contributed by atoms with Crippen molar-refractivity contribution in [2.45, 2.75) is 78.0 Å². The van der Waals surface area contributed by atoms with Crippen molar-refractivity contribution < 1.29 is 19.1 Å². The lowest BCUT2D eigenvalue weighted by Crippen LogP contribution is -2.52. The van der Waals surface area contributed by atoms with Gasteiger partial charge < -0.3 is 15.0 Å². The van der Waals surface area contributed by atoms with E-state index in [1.807, 2.05) is 20.8 Å². The van der Waals surface area contributed by atoms with E-state index in [0.717, 1.165) is 17.8 Å². The number of hydrogen-bond acceptors (Lipinski definition) is 4. The Morgan fingerprint density at radius 3 is 2.17 bits per heavy atom. The molecule has 4 aliphatic carbocycles. The van der Waals surface area contributed by atoms with E-state index in [-0.39, 0.29) is 23.2 Å². The smallest absolute Gasteiger partial charge is 0.245 e. The van der Waals surface area contributed by atoms with Crippen LogP contribution in [0.25, 0.3) is 0 Å². The van der Waals surface area contributed by atoms with Crippen molar-refractivity contribution >= 4 is 17.6 Å². The zero-order valence-corrected chi connectivity index (χ0v) is 18.1. The molecule has 6 aliphatic rings. The summed E-state index contributed by atoms with van der Waals surface area (Å²) in [5, 5.41) is 3.05. The van der Waals surface area contributed by atoms with Gasteiger partial charge in [0.15, 0.2) is 11.7 Å². The molecule has 6 heteroatoms. The molecule has 1 unspecified atom stereocenters. The van der Waals surface area contributed by atoms with E-state index in [0.29, 0.717) is 6.54 Å². The predicted octanol–water partition coefficient (Wildman–Crippen LogP) is 2.51. The SMILES string of the molecule is CC(C)(C)[C@H]1OC[C@]2(C)C(=O)C(C(=O)NCC34CC5CC(CC(C5)C3)C4)C(=O)N12. The first kappa shape index (κ1) is 19.5. The highest BCUT2D eigenvalue weighted by atomic mass is 16.5. The molecule has 0 aromatic heterocycles. The normalized spacial score (nSPS) is 45.8. The molecule has 29 heavy (non-hydrogen) atoms. The third-order valence-electron chi connectivity index (χ3n) is 8.37. The molecule has 3 atom stereocenters. The minimum atomic E-state index is -1.22. The minimum absolute atomic E-state index is 0.165. The molecule has 2 amide bonds. The maximum Gasteiger partial charge on any atom is 0.245 e. The summed E-state index contributed by atoms with van der Waals surface area (Å²) >= 11 is 0. The lowest BCUT2D eigenvalue weighted by molar-refractivity contribution is -0.148. The second kappa shape index (κ2) is 6.05. The number of ether oxygens (including phenoxy) is 1. The van der Waals surface area contributed by atoms with Gasteiger partial charge in [-0.3, -0.25) is 14.4 Å². The summed E-state index contributed by atoms with van der Waals surface area (Å²) in [4.78, 5) is 41.0. The van der Waals surface area contributed by atoms with Crippen LogP contribution >= 0.6 is 0 Å². The second-order valence-corrected chi connectivity index (χ2v) is 11.9. The predicted molar refractivity (Wildman–Crippen MR) is 107 cm³/mol. The zero-order chi connectivity index (χ0) is 20.8. The average molecular weight is 403 g/mol. The van der Waals surface area contributed by atoms with Gasteiger partial charge in [0.1, 0.15) is 11.8 Å². The Morgan fingerprint density at radius 2 is 1.66 bits per heavy atom. The van der Waals surface area contributed by atoms with E-state index in [2.05, 4.69) is 5.32 Å². The van der Waals surface area contributed by atoms with Crippen molar-refractivity contribution in [2.75, 3.05) is 13.2 Å². The summed E-state index contributed by atoms with van der Waals surface area (Å²) in [5.74, 6) is 0.0998. The molecule has 6 fully saturated rings. The molecule has 2 aliphatic heterocycles. The molecular weight excluding hydrogens is 368 g/mol. The van der Waals surface area contributed by atoms with Gasteiger partial charge in [-0.15, -0.1) is 0 Å². The Labute approximate surface area is 173 Å². The van der Waals surface area contributed by atoms with E-state index < -0.39 is 29.5 Å². The van der Waals surface area contributed by atoms with Crippen LogP contribution in [0, 0.1) is 34.5 Å². The molecule has 0 aromatic carbocycles. The van der Waals surface area contributed by atoms with Gasteiger partial charge in [0.25, 0.3) is 0 Å². The zero-order valence-electron chi connectivity index (χ0n) is 18.1. The first-order chi connectivity index (χ1) is 13.5. The molecule has 1 N–H and O–H groups in total. The van der Waals surface area contributed by atoms with Gasteiger partial charge in [0, 0.05) is 12.0 Å². The average Bonchev–Trinajstić information content (AvgIpc) is 3.05.